The van der Waals surface area contributed by atoms with E-state index in [4.69, 9.17) is 5.73 Å². The topological polar surface area (TPSA) is 63.8 Å². The number of H-pyrrole nitrogens is 1. The van der Waals surface area contributed by atoms with E-state index < -0.39 is 5.54 Å². The van der Waals surface area contributed by atoms with Crippen molar-refractivity contribution in [2.45, 2.75) is 26.3 Å². The zero-order valence-electron chi connectivity index (χ0n) is 10.3. The van der Waals surface area contributed by atoms with E-state index in [1.807, 2.05) is 45.0 Å². The standard InChI is InChI=1S/C13H17N3O/c1-9-8-15-12(17)16(9)11-7-5-4-6-10(11)13(2,3)14/h4-8H,14H2,1-3H3,(H,15,17). The Kier molecular flexibility index (Phi) is 2.67. The number of hydrogen-bond acceptors (Lipinski definition) is 2. The molecule has 3 N–H and O–H groups in total. The van der Waals surface area contributed by atoms with Crippen LogP contribution in [-0.4, -0.2) is 9.55 Å². The fraction of sp³-hybridized carbons (Fsp3) is 0.308. The molecule has 0 radical (unpaired) electrons. The normalized spacial score (nSPS) is 11.8. The average molecular weight is 231 g/mol. The van der Waals surface area contributed by atoms with Gasteiger partial charge in [0.25, 0.3) is 0 Å². The van der Waals surface area contributed by atoms with E-state index >= 15 is 0 Å². The van der Waals surface area contributed by atoms with Crippen molar-refractivity contribution in [1.29, 1.82) is 0 Å². The first-order valence-electron chi connectivity index (χ1n) is 5.57. The minimum atomic E-state index is -0.486. The zero-order chi connectivity index (χ0) is 12.6. The van der Waals surface area contributed by atoms with Gasteiger partial charge in [0.15, 0.2) is 0 Å². The van der Waals surface area contributed by atoms with Gasteiger partial charge in [-0.15, -0.1) is 0 Å². The maximum Gasteiger partial charge on any atom is 0.330 e. The largest absolute Gasteiger partial charge is 0.330 e. The number of aryl methyl sites for hydroxylation is 1. The lowest BCUT2D eigenvalue weighted by molar-refractivity contribution is 0.550. The lowest BCUT2D eigenvalue weighted by atomic mass is 9.94. The van der Waals surface area contributed by atoms with Gasteiger partial charge in [0.1, 0.15) is 0 Å². The molecule has 1 aromatic carbocycles. The second-order valence-electron chi connectivity index (χ2n) is 4.81. The van der Waals surface area contributed by atoms with Crippen LogP contribution in [0.3, 0.4) is 0 Å². The third kappa shape index (κ3) is 2.03. The number of rotatable bonds is 2. The molecule has 90 valence electrons. The average Bonchev–Trinajstić information content (AvgIpc) is 2.57. The summed E-state index contributed by atoms with van der Waals surface area (Å²) in [5.41, 5.74) is 8.17. The molecule has 0 spiro atoms. The van der Waals surface area contributed by atoms with Crippen LogP contribution in [0.1, 0.15) is 25.1 Å². The van der Waals surface area contributed by atoms with Crippen molar-refractivity contribution in [2.75, 3.05) is 0 Å². The number of nitrogens with one attached hydrogen (secondary N) is 1. The molecule has 0 aliphatic heterocycles. The minimum Gasteiger partial charge on any atom is -0.322 e. The van der Waals surface area contributed by atoms with Crippen LogP contribution in [0.2, 0.25) is 0 Å². The Hall–Kier alpha value is -1.81. The monoisotopic (exact) mass is 231 g/mol. The first kappa shape index (κ1) is 11.7. The molecule has 0 aliphatic carbocycles. The molecule has 0 saturated carbocycles. The first-order chi connectivity index (χ1) is 7.91. The number of imidazole rings is 1. The SMILES string of the molecule is Cc1c[nH]c(=O)n1-c1ccccc1C(C)(C)N. The van der Waals surface area contributed by atoms with Gasteiger partial charge in [-0.05, 0) is 32.4 Å². The Morgan fingerprint density at radius 3 is 2.47 bits per heavy atom. The molecule has 0 atom stereocenters. The summed E-state index contributed by atoms with van der Waals surface area (Å²) in [6, 6.07) is 7.70. The van der Waals surface area contributed by atoms with Crippen LogP contribution < -0.4 is 11.4 Å². The van der Waals surface area contributed by atoms with E-state index in [1.54, 1.807) is 10.8 Å². The highest BCUT2D eigenvalue weighted by atomic mass is 16.1. The number of nitrogens with zero attached hydrogens (tertiary/aromatic N) is 1. The van der Waals surface area contributed by atoms with Crippen LogP contribution in [0.4, 0.5) is 0 Å². The fourth-order valence-electron chi connectivity index (χ4n) is 1.97. The highest BCUT2D eigenvalue weighted by molar-refractivity contribution is 5.45. The predicted octanol–water partition coefficient (Wildman–Crippen LogP) is 1.67. The molecule has 0 unspecified atom stereocenters. The molecule has 17 heavy (non-hydrogen) atoms. The minimum absolute atomic E-state index is 0.140. The van der Waals surface area contributed by atoms with E-state index in [9.17, 15) is 4.79 Å². The van der Waals surface area contributed by atoms with Crippen LogP contribution in [0.5, 0.6) is 0 Å². The second-order valence-corrected chi connectivity index (χ2v) is 4.81. The van der Waals surface area contributed by atoms with Crippen molar-refractivity contribution < 1.29 is 0 Å². The van der Waals surface area contributed by atoms with E-state index in [0.717, 1.165) is 16.9 Å². The van der Waals surface area contributed by atoms with Crippen molar-refractivity contribution >= 4 is 0 Å². The molecular weight excluding hydrogens is 214 g/mol. The van der Waals surface area contributed by atoms with Gasteiger partial charge in [-0.25, -0.2) is 4.79 Å². The summed E-state index contributed by atoms with van der Waals surface area (Å²) in [6.45, 7) is 5.75. The Bertz CT molecular complexity index is 587. The van der Waals surface area contributed by atoms with Gasteiger partial charge in [-0.2, -0.15) is 0 Å². The third-order valence-corrected chi connectivity index (χ3v) is 2.80. The number of aromatic nitrogens is 2. The van der Waals surface area contributed by atoms with Gasteiger partial charge in [0, 0.05) is 17.4 Å². The summed E-state index contributed by atoms with van der Waals surface area (Å²) in [6.07, 6.45) is 1.70. The second kappa shape index (κ2) is 3.89. The first-order valence-corrected chi connectivity index (χ1v) is 5.57. The third-order valence-electron chi connectivity index (χ3n) is 2.80. The maximum absolute atomic E-state index is 11.8. The van der Waals surface area contributed by atoms with Crippen molar-refractivity contribution in [1.82, 2.24) is 9.55 Å². The molecule has 4 heteroatoms. The van der Waals surface area contributed by atoms with Crippen molar-refractivity contribution in [3.8, 4) is 5.69 Å². The van der Waals surface area contributed by atoms with Crippen molar-refractivity contribution in [3.05, 3.63) is 52.2 Å². The Morgan fingerprint density at radius 2 is 1.94 bits per heavy atom. The fourth-order valence-corrected chi connectivity index (χ4v) is 1.97. The number of aromatic amines is 1. The van der Waals surface area contributed by atoms with Crippen LogP contribution in [0.15, 0.2) is 35.3 Å². The summed E-state index contributed by atoms with van der Waals surface area (Å²) in [5.74, 6) is 0. The summed E-state index contributed by atoms with van der Waals surface area (Å²) in [5, 5.41) is 0. The number of para-hydroxylation sites is 1. The van der Waals surface area contributed by atoms with E-state index in [-0.39, 0.29) is 5.69 Å². The van der Waals surface area contributed by atoms with E-state index in [1.165, 1.54) is 0 Å². The summed E-state index contributed by atoms with van der Waals surface area (Å²) < 4.78 is 1.64. The molecule has 1 aromatic heterocycles. The van der Waals surface area contributed by atoms with Crippen LogP contribution in [0, 0.1) is 6.92 Å². The molecule has 0 bridgehead atoms. The smallest absolute Gasteiger partial charge is 0.322 e. The number of benzene rings is 1. The summed E-state index contributed by atoms with van der Waals surface area (Å²) in [7, 11) is 0. The molecule has 1 heterocycles. The zero-order valence-corrected chi connectivity index (χ0v) is 10.3. The van der Waals surface area contributed by atoms with Gasteiger partial charge < -0.3 is 10.7 Å². The highest BCUT2D eigenvalue weighted by Gasteiger charge is 2.20. The quantitative estimate of drug-likeness (QED) is 0.825. The lowest BCUT2D eigenvalue weighted by Crippen LogP contribution is -2.31. The van der Waals surface area contributed by atoms with E-state index in [2.05, 4.69) is 4.98 Å². The van der Waals surface area contributed by atoms with Gasteiger partial charge in [0.05, 0.1) is 5.69 Å². The Morgan fingerprint density at radius 1 is 1.29 bits per heavy atom. The predicted molar refractivity (Wildman–Crippen MR) is 68.3 cm³/mol. The van der Waals surface area contributed by atoms with Crippen LogP contribution in [-0.2, 0) is 5.54 Å². The molecule has 0 aliphatic rings. The van der Waals surface area contributed by atoms with Crippen molar-refractivity contribution in [3.63, 3.8) is 0 Å². The molecular formula is C13H17N3O. The molecule has 0 saturated heterocycles. The molecule has 0 fully saturated rings. The molecule has 4 nitrogen and oxygen atoms in total. The molecule has 0 amide bonds. The maximum atomic E-state index is 11.8. The van der Waals surface area contributed by atoms with Gasteiger partial charge in [0.2, 0.25) is 0 Å². The van der Waals surface area contributed by atoms with Gasteiger partial charge in [-0.3, -0.25) is 4.57 Å². The summed E-state index contributed by atoms with van der Waals surface area (Å²) in [4.78, 5) is 14.5. The lowest BCUT2D eigenvalue weighted by Gasteiger charge is -2.23. The van der Waals surface area contributed by atoms with Gasteiger partial charge in [-0.1, -0.05) is 18.2 Å². The summed E-state index contributed by atoms with van der Waals surface area (Å²) >= 11 is 0. The number of nitrogens with two attached hydrogens (primary N) is 1. The van der Waals surface area contributed by atoms with Crippen molar-refractivity contribution in [2.24, 2.45) is 5.73 Å². The highest BCUT2D eigenvalue weighted by Crippen LogP contribution is 2.24. The van der Waals surface area contributed by atoms with Crippen LogP contribution >= 0.6 is 0 Å². The van der Waals surface area contributed by atoms with Crippen LogP contribution in [0.25, 0.3) is 5.69 Å². The molecule has 2 rings (SSSR count). The Balaban J connectivity index is 2.73. The molecule has 2 aromatic rings. The Labute approximate surface area is 100 Å². The van der Waals surface area contributed by atoms with Gasteiger partial charge >= 0.3 is 5.69 Å². The van der Waals surface area contributed by atoms with E-state index in [0.29, 0.717) is 0 Å². The number of hydrogen-bond donors (Lipinski definition) is 2.